The zero-order valence-corrected chi connectivity index (χ0v) is 8.00. The Morgan fingerprint density at radius 3 is 2.92 bits per heavy atom. The van der Waals surface area contributed by atoms with Gasteiger partial charge in [-0.3, -0.25) is 10.2 Å². The third-order valence-electron chi connectivity index (χ3n) is 1.15. The minimum absolute atomic E-state index is 0.294. The summed E-state index contributed by atoms with van der Waals surface area (Å²) in [7, 11) is 0. The van der Waals surface area contributed by atoms with Crippen LogP contribution in [0.2, 0.25) is 0 Å². The van der Waals surface area contributed by atoms with Crippen LogP contribution in [-0.4, -0.2) is 10.9 Å². The number of aromatic nitrogens is 1. The van der Waals surface area contributed by atoms with Gasteiger partial charge in [-0.2, -0.15) is 0 Å². The molecule has 0 radical (unpaired) electrons. The molecule has 1 amide bonds. The quantitative estimate of drug-likeness (QED) is 0.339. The van der Waals surface area contributed by atoms with Gasteiger partial charge >= 0.3 is 0 Å². The van der Waals surface area contributed by atoms with Crippen LogP contribution in [0.1, 0.15) is 10.5 Å². The maximum Gasteiger partial charge on any atom is 0.286 e. The van der Waals surface area contributed by atoms with Crippen molar-refractivity contribution in [3.63, 3.8) is 0 Å². The predicted molar refractivity (Wildman–Crippen MR) is 48.6 cm³/mol. The van der Waals surface area contributed by atoms with Crippen LogP contribution >= 0.6 is 22.6 Å². The van der Waals surface area contributed by atoms with E-state index in [1.54, 1.807) is 5.43 Å². The van der Waals surface area contributed by atoms with Gasteiger partial charge in [0.15, 0.2) is 11.5 Å². The first-order chi connectivity index (χ1) is 5.65. The third kappa shape index (κ3) is 1.89. The highest BCUT2D eigenvalue weighted by molar-refractivity contribution is 14.1. The third-order valence-corrected chi connectivity index (χ3v) is 1.74. The van der Waals surface area contributed by atoms with Gasteiger partial charge < -0.3 is 0 Å². The summed E-state index contributed by atoms with van der Waals surface area (Å²) in [5, 5.41) is 0. The van der Waals surface area contributed by atoms with Crippen molar-refractivity contribution >= 4 is 28.5 Å². The topological polar surface area (TPSA) is 68.0 Å². The molecule has 4 nitrogen and oxygen atoms in total. The van der Waals surface area contributed by atoms with Gasteiger partial charge in [-0.25, -0.2) is 15.2 Å². The molecule has 6 heteroatoms. The van der Waals surface area contributed by atoms with Gasteiger partial charge in [0.05, 0.1) is 0 Å². The summed E-state index contributed by atoms with van der Waals surface area (Å²) >= 11 is 1.89. The minimum Gasteiger partial charge on any atom is -0.289 e. The molecule has 0 aliphatic rings. The maximum atomic E-state index is 12.9. The Hall–Kier alpha value is -0.760. The molecule has 1 heterocycles. The van der Waals surface area contributed by atoms with E-state index in [1.807, 2.05) is 22.6 Å². The summed E-state index contributed by atoms with van der Waals surface area (Å²) in [6, 6.07) is 1.21. The summed E-state index contributed by atoms with van der Waals surface area (Å²) in [5.74, 6) is 3.39. The van der Waals surface area contributed by atoms with Gasteiger partial charge in [0, 0.05) is 9.77 Å². The first-order valence-corrected chi connectivity index (χ1v) is 4.05. The highest BCUT2D eigenvalue weighted by atomic mass is 127. The fraction of sp³-hybridized carbons (Fsp3) is 0. The highest BCUT2D eigenvalue weighted by Crippen LogP contribution is 2.08. The van der Waals surface area contributed by atoms with Crippen LogP contribution < -0.4 is 11.3 Å². The standard InChI is InChI=1S/C6H5FIN3O/c7-4-1-3(8)2-10-5(4)6(12)11-9/h1-2H,9H2,(H,11,12). The van der Waals surface area contributed by atoms with Gasteiger partial charge in [0.1, 0.15) is 0 Å². The number of pyridine rings is 1. The number of halogens is 2. The van der Waals surface area contributed by atoms with Crippen molar-refractivity contribution in [3.05, 3.63) is 27.3 Å². The van der Waals surface area contributed by atoms with Crippen LogP contribution in [0.25, 0.3) is 0 Å². The number of carbonyl (C=O) groups excluding carboxylic acids is 1. The molecular formula is C6H5FIN3O. The van der Waals surface area contributed by atoms with Crippen LogP contribution in [0.5, 0.6) is 0 Å². The molecule has 0 bridgehead atoms. The molecule has 0 fully saturated rings. The van der Waals surface area contributed by atoms with Crippen molar-refractivity contribution in [1.29, 1.82) is 0 Å². The molecule has 0 saturated carbocycles. The Morgan fingerprint density at radius 1 is 1.75 bits per heavy atom. The Bertz CT molecular complexity index is 318. The second-order valence-electron chi connectivity index (χ2n) is 1.96. The first kappa shape index (κ1) is 9.33. The number of hydrazine groups is 1. The van der Waals surface area contributed by atoms with Crippen LogP contribution in [0.4, 0.5) is 4.39 Å². The monoisotopic (exact) mass is 281 g/mol. The lowest BCUT2D eigenvalue weighted by Crippen LogP contribution is -2.31. The van der Waals surface area contributed by atoms with Crippen molar-refractivity contribution in [1.82, 2.24) is 10.4 Å². The van der Waals surface area contributed by atoms with E-state index in [1.165, 1.54) is 12.3 Å². The molecule has 0 aromatic carbocycles. The zero-order valence-electron chi connectivity index (χ0n) is 5.84. The molecule has 1 aromatic heterocycles. The van der Waals surface area contributed by atoms with E-state index < -0.39 is 11.7 Å². The van der Waals surface area contributed by atoms with E-state index in [9.17, 15) is 9.18 Å². The molecule has 0 unspecified atom stereocenters. The van der Waals surface area contributed by atoms with E-state index in [-0.39, 0.29) is 5.69 Å². The molecule has 1 aromatic rings. The van der Waals surface area contributed by atoms with E-state index in [2.05, 4.69) is 4.98 Å². The predicted octanol–water partition coefficient (Wildman–Crippen LogP) is 0.429. The number of nitrogens with one attached hydrogen (secondary N) is 1. The summed E-state index contributed by atoms with van der Waals surface area (Å²) < 4.78 is 13.5. The van der Waals surface area contributed by atoms with Crippen LogP contribution in [0.3, 0.4) is 0 Å². The number of nitrogen functional groups attached to an aromatic ring is 1. The summed E-state index contributed by atoms with van der Waals surface area (Å²) in [6.45, 7) is 0. The van der Waals surface area contributed by atoms with Crippen LogP contribution in [-0.2, 0) is 0 Å². The molecule has 0 spiro atoms. The Labute approximate surface area is 81.5 Å². The number of carbonyl (C=O) groups is 1. The van der Waals surface area contributed by atoms with E-state index >= 15 is 0 Å². The van der Waals surface area contributed by atoms with Crippen molar-refractivity contribution < 1.29 is 9.18 Å². The Kier molecular flexibility index (Phi) is 2.93. The lowest BCUT2D eigenvalue weighted by atomic mass is 10.3. The maximum absolute atomic E-state index is 12.9. The van der Waals surface area contributed by atoms with Gasteiger partial charge in [-0.05, 0) is 28.7 Å². The van der Waals surface area contributed by atoms with Crippen LogP contribution in [0.15, 0.2) is 12.3 Å². The van der Waals surface area contributed by atoms with E-state index in [4.69, 9.17) is 5.84 Å². The summed E-state index contributed by atoms with van der Waals surface area (Å²) in [6.07, 6.45) is 1.38. The van der Waals surface area contributed by atoms with Gasteiger partial charge in [-0.15, -0.1) is 0 Å². The second kappa shape index (κ2) is 3.76. The smallest absolute Gasteiger partial charge is 0.286 e. The highest BCUT2D eigenvalue weighted by Gasteiger charge is 2.11. The summed E-state index contributed by atoms with van der Waals surface area (Å²) in [5.41, 5.74) is 1.50. The first-order valence-electron chi connectivity index (χ1n) is 2.97. The van der Waals surface area contributed by atoms with Crippen molar-refractivity contribution in [3.8, 4) is 0 Å². The SMILES string of the molecule is NNC(=O)c1ncc(I)cc1F. The average molecular weight is 281 g/mol. The molecule has 1 rings (SSSR count). The normalized spacial score (nSPS) is 9.58. The van der Waals surface area contributed by atoms with Gasteiger partial charge in [0.25, 0.3) is 5.91 Å². The summed E-state index contributed by atoms with van der Waals surface area (Å²) in [4.78, 5) is 14.4. The van der Waals surface area contributed by atoms with Crippen molar-refractivity contribution in [2.45, 2.75) is 0 Å². The second-order valence-corrected chi connectivity index (χ2v) is 3.20. The van der Waals surface area contributed by atoms with E-state index in [0.717, 1.165) is 0 Å². The minimum atomic E-state index is -0.732. The van der Waals surface area contributed by atoms with Crippen molar-refractivity contribution in [2.75, 3.05) is 0 Å². The number of hydrogen-bond acceptors (Lipinski definition) is 3. The molecule has 64 valence electrons. The molecule has 0 aliphatic carbocycles. The largest absolute Gasteiger partial charge is 0.289 e. The fourth-order valence-electron chi connectivity index (χ4n) is 0.650. The van der Waals surface area contributed by atoms with Gasteiger partial charge in [-0.1, -0.05) is 0 Å². The number of hydrogen-bond donors (Lipinski definition) is 2. The van der Waals surface area contributed by atoms with Gasteiger partial charge in [0.2, 0.25) is 0 Å². The lowest BCUT2D eigenvalue weighted by molar-refractivity contribution is 0.0944. The molecule has 0 aliphatic heterocycles. The molecular weight excluding hydrogens is 276 g/mol. The number of nitrogens with two attached hydrogens (primary N) is 1. The van der Waals surface area contributed by atoms with Crippen LogP contribution in [0, 0.1) is 9.39 Å². The number of nitrogens with zero attached hydrogens (tertiary/aromatic N) is 1. The molecule has 0 atom stereocenters. The lowest BCUT2D eigenvalue weighted by Gasteiger charge is -1.99. The fourth-order valence-corrected chi connectivity index (χ4v) is 1.06. The Morgan fingerprint density at radius 2 is 2.42 bits per heavy atom. The molecule has 12 heavy (non-hydrogen) atoms. The molecule has 0 saturated heterocycles. The van der Waals surface area contributed by atoms with Crippen molar-refractivity contribution in [2.24, 2.45) is 5.84 Å². The van der Waals surface area contributed by atoms with E-state index in [0.29, 0.717) is 3.57 Å². The Balaban J connectivity index is 3.09. The average Bonchev–Trinajstić information content (AvgIpc) is 2.03. The number of rotatable bonds is 1. The number of amides is 1. The zero-order chi connectivity index (χ0) is 9.14. The molecule has 3 N–H and O–H groups in total.